The summed E-state index contributed by atoms with van der Waals surface area (Å²) < 4.78 is 52.1. The molecular weight excluding hydrogens is 252 g/mol. The quantitative estimate of drug-likeness (QED) is 0.597. The fourth-order valence-corrected chi connectivity index (χ4v) is 1.26. The molecule has 16 heavy (non-hydrogen) atoms. The van der Waals surface area contributed by atoms with Crippen LogP contribution in [0.2, 0.25) is 5.02 Å². The fourth-order valence-electron chi connectivity index (χ4n) is 1.01. The van der Waals surface area contributed by atoms with E-state index in [-0.39, 0.29) is 5.56 Å². The van der Waals surface area contributed by atoms with E-state index in [1.165, 1.54) is 0 Å². The van der Waals surface area contributed by atoms with E-state index in [1.807, 2.05) is 0 Å². The third kappa shape index (κ3) is 3.10. The first-order chi connectivity index (χ1) is 7.20. The highest BCUT2D eigenvalue weighted by molar-refractivity contribution is 6.34. The van der Waals surface area contributed by atoms with Crippen molar-refractivity contribution in [1.29, 1.82) is 0 Å². The molecule has 0 aliphatic heterocycles. The average Bonchev–Trinajstić information content (AvgIpc) is 2.07. The molecule has 0 radical (unpaired) electrons. The molecular formula is C9H5ClF4O2. The lowest BCUT2D eigenvalue weighted by Crippen LogP contribution is -2.17. The van der Waals surface area contributed by atoms with Crippen LogP contribution in [0.4, 0.5) is 17.6 Å². The van der Waals surface area contributed by atoms with E-state index in [9.17, 15) is 22.4 Å². The molecule has 0 aromatic heterocycles. The minimum absolute atomic E-state index is 0.360. The Morgan fingerprint density at radius 2 is 1.94 bits per heavy atom. The Balaban J connectivity index is 3.19. The second kappa shape index (κ2) is 4.29. The Labute approximate surface area is 92.8 Å². The standard InChI is InChI=1S/C9H5ClF4O2/c1-4(15)6-2-5(16-9(12,13)14)3-7(11)8(6)10/h2-3H,1H3. The number of ether oxygens (including phenoxy) is 1. The molecule has 88 valence electrons. The summed E-state index contributed by atoms with van der Waals surface area (Å²) in [5, 5.41) is -0.526. The molecule has 7 heteroatoms. The Bertz CT molecular complexity index is 428. The van der Waals surface area contributed by atoms with Crippen molar-refractivity contribution in [2.24, 2.45) is 0 Å². The molecule has 0 atom stereocenters. The van der Waals surface area contributed by atoms with Gasteiger partial charge in [-0.2, -0.15) is 0 Å². The first-order valence-electron chi connectivity index (χ1n) is 3.96. The first kappa shape index (κ1) is 12.8. The molecule has 0 bridgehead atoms. The van der Waals surface area contributed by atoms with Crippen LogP contribution in [0.1, 0.15) is 17.3 Å². The number of ketones is 1. The number of alkyl halides is 3. The van der Waals surface area contributed by atoms with Gasteiger partial charge in [0.1, 0.15) is 11.6 Å². The number of rotatable bonds is 2. The van der Waals surface area contributed by atoms with Crippen LogP contribution in [0.5, 0.6) is 5.75 Å². The zero-order valence-corrected chi connectivity index (χ0v) is 8.62. The summed E-state index contributed by atoms with van der Waals surface area (Å²) in [6.07, 6.45) is -4.95. The van der Waals surface area contributed by atoms with Crippen molar-refractivity contribution < 1.29 is 27.1 Å². The van der Waals surface area contributed by atoms with Gasteiger partial charge in [-0.15, -0.1) is 13.2 Å². The van der Waals surface area contributed by atoms with Gasteiger partial charge in [0.2, 0.25) is 0 Å². The Kier molecular flexibility index (Phi) is 3.42. The highest BCUT2D eigenvalue weighted by Crippen LogP contribution is 2.29. The van der Waals surface area contributed by atoms with Crippen LogP contribution < -0.4 is 4.74 Å². The summed E-state index contributed by atoms with van der Waals surface area (Å²) in [4.78, 5) is 10.9. The van der Waals surface area contributed by atoms with Gasteiger partial charge in [0.25, 0.3) is 0 Å². The number of halogens is 5. The molecule has 1 aromatic rings. The second-order valence-electron chi connectivity index (χ2n) is 2.87. The fraction of sp³-hybridized carbons (Fsp3) is 0.222. The minimum Gasteiger partial charge on any atom is -0.406 e. The normalized spacial score (nSPS) is 11.4. The zero-order chi connectivity index (χ0) is 12.5. The highest BCUT2D eigenvalue weighted by Gasteiger charge is 2.32. The van der Waals surface area contributed by atoms with Gasteiger partial charge in [0.15, 0.2) is 5.78 Å². The van der Waals surface area contributed by atoms with Crippen LogP contribution in [0.25, 0.3) is 0 Å². The number of carbonyl (C=O) groups is 1. The zero-order valence-electron chi connectivity index (χ0n) is 7.86. The number of hydrogen-bond donors (Lipinski definition) is 0. The molecule has 0 unspecified atom stereocenters. The lowest BCUT2D eigenvalue weighted by Gasteiger charge is -2.10. The number of benzene rings is 1. The largest absolute Gasteiger partial charge is 0.573 e. The third-order valence-corrected chi connectivity index (χ3v) is 2.00. The van der Waals surface area contributed by atoms with Gasteiger partial charge < -0.3 is 4.74 Å². The SMILES string of the molecule is CC(=O)c1cc(OC(F)(F)F)cc(F)c1Cl. The first-order valence-corrected chi connectivity index (χ1v) is 4.34. The summed E-state index contributed by atoms with van der Waals surface area (Å²) in [5.74, 6) is -2.62. The molecule has 0 fully saturated rings. The van der Waals surface area contributed by atoms with Crippen LogP contribution >= 0.6 is 11.6 Å². The van der Waals surface area contributed by atoms with Crippen LogP contribution in [0.15, 0.2) is 12.1 Å². The lowest BCUT2D eigenvalue weighted by molar-refractivity contribution is -0.274. The van der Waals surface area contributed by atoms with E-state index in [0.29, 0.717) is 6.07 Å². The summed E-state index contributed by atoms with van der Waals surface area (Å²) >= 11 is 5.40. The summed E-state index contributed by atoms with van der Waals surface area (Å²) in [7, 11) is 0. The number of Topliss-reactive ketones (excluding diaryl/α,β-unsaturated/α-hetero) is 1. The number of carbonyl (C=O) groups excluding carboxylic acids is 1. The van der Waals surface area contributed by atoms with E-state index in [2.05, 4.69) is 4.74 Å². The Morgan fingerprint density at radius 1 is 1.38 bits per heavy atom. The summed E-state index contributed by atoms with van der Waals surface area (Å²) in [6.45, 7) is 1.05. The molecule has 0 N–H and O–H groups in total. The van der Waals surface area contributed by atoms with Crippen molar-refractivity contribution >= 4 is 17.4 Å². The van der Waals surface area contributed by atoms with Gasteiger partial charge in [-0.05, 0) is 13.0 Å². The topological polar surface area (TPSA) is 26.3 Å². The van der Waals surface area contributed by atoms with Gasteiger partial charge in [0, 0.05) is 11.6 Å². The van der Waals surface area contributed by atoms with Crippen molar-refractivity contribution in [3.05, 3.63) is 28.5 Å². The molecule has 1 rings (SSSR count). The lowest BCUT2D eigenvalue weighted by atomic mass is 10.1. The molecule has 2 nitrogen and oxygen atoms in total. The molecule has 0 aliphatic carbocycles. The predicted octanol–water partition coefficient (Wildman–Crippen LogP) is 3.58. The molecule has 1 aromatic carbocycles. The van der Waals surface area contributed by atoms with Crippen molar-refractivity contribution in [3.63, 3.8) is 0 Å². The average molecular weight is 257 g/mol. The van der Waals surface area contributed by atoms with E-state index in [1.54, 1.807) is 0 Å². The van der Waals surface area contributed by atoms with Crippen LogP contribution in [0.3, 0.4) is 0 Å². The maximum absolute atomic E-state index is 13.0. The van der Waals surface area contributed by atoms with Gasteiger partial charge in [-0.3, -0.25) is 4.79 Å². The molecule has 0 saturated heterocycles. The van der Waals surface area contributed by atoms with Crippen LogP contribution in [0, 0.1) is 5.82 Å². The maximum Gasteiger partial charge on any atom is 0.573 e. The molecule has 0 aliphatic rings. The highest BCUT2D eigenvalue weighted by atomic mass is 35.5. The summed E-state index contributed by atoms with van der Waals surface area (Å²) in [5.41, 5.74) is -0.360. The van der Waals surface area contributed by atoms with Gasteiger partial charge in [0.05, 0.1) is 5.02 Å². The third-order valence-electron chi connectivity index (χ3n) is 1.61. The number of hydrogen-bond acceptors (Lipinski definition) is 2. The van der Waals surface area contributed by atoms with Gasteiger partial charge in [-0.25, -0.2) is 4.39 Å². The van der Waals surface area contributed by atoms with E-state index < -0.39 is 28.7 Å². The summed E-state index contributed by atoms with van der Waals surface area (Å²) in [6, 6.07) is 1.20. The van der Waals surface area contributed by atoms with Gasteiger partial charge >= 0.3 is 6.36 Å². The monoisotopic (exact) mass is 256 g/mol. The molecule has 0 amide bonds. The minimum atomic E-state index is -4.95. The Hall–Kier alpha value is -1.30. The van der Waals surface area contributed by atoms with Gasteiger partial charge in [-0.1, -0.05) is 11.6 Å². The van der Waals surface area contributed by atoms with E-state index >= 15 is 0 Å². The molecule has 0 heterocycles. The molecule has 0 spiro atoms. The van der Waals surface area contributed by atoms with E-state index in [4.69, 9.17) is 11.6 Å². The van der Waals surface area contributed by atoms with Crippen molar-refractivity contribution in [3.8, 4) is 5.75 Å². The van der Waals surface area contributed by atoms with E-state index in [0.717, 1.165) is 13.0 Å². The van der Waals surface area contributed by atoms with Crippen molar-refractivity contribution in [2.45, 2.75) is 13.3 Å². The smallest absolute Gasteiger partial charge is 0.406 e. The van der Waals surface area contributed by atoms with Crippen molar-refractivity contribution in [2.75, 3.05) is 0 Å². The maximum atomic E-state index is 13.0. The predicted molar refractivity (Wildman–Crippen MR) is 48.1 cm³/mol. The second-order valence-corrected chi connectivity index (χ2v) is 3.25. The van der Waals surface area contributed by atoms with Crippen LogP contribution in [-0.4, -0.2) is 12.1 Å². The Morgan fingerprint density at radius 3 is 2.38 bits per heavy atom. The van der Waals surface area contributed by atoms with Crippen molar-refractivity contribution in [1.82, 2.24) is 0 Å². The molecule has 0 saturated carbocycles. The van der Waals surface area contributed by atoms with Crippen LogP contribution in [-0.2, 0) is 0 Å².